The highest BCUT2D eigenvalue weighted by molar-refractivity contribution is 6.10. The lowest BCUT2D eigenvalue weighted by Crippen LogP contribution is -2.45. The summed E-state index contributed by atoms with van der Waals surface area (Å²) in [5, 5.41) is 8.30. The zero-order chi connectivity index (χ0) is 21.1. The minimum absolute atomic E-state index is 0.195. The lowest BCUT2D eigenvalue weighted by atomic mass is 10.1. The number of imidazole rings is 1. The van der Waals surface area contributed by atoms with E-state index < -0.39 is 23.9 Å². The van der Waals surface area contributed by atoms with Gasteiger partial charge in [0.05, 0.1) is 17.7 Å². The lowest BCUT2D eigenvalue weighted by Gasteiger charge is -2.21. The van der Waals surface area contributed by atoms with Crippen molar-refractivity contribution in [1.82, 2.24) is 20.2 Å². The maximum atomic E-state index is 12.9. The first kappa shape index (κ1) is 19.4. The van der Waals surface area contributed by atoms with Crippen molar-refractivity contribution >= 4 is 23.4 Å². The summed E-state index contributed by atoms with van der Waals surface area (Å²) in [5.74, 6) is -0.545. The number of carbonyl (C=O) groups is 3. The SMILES string of the molecule is Cn1ccnc1[C@@H](NC(=O)C[C@@H]1NC(=O)c2ccccc2NC1=O)c1ccccc1. The number of fused-ring (bicyclic) bond motifs is 1. The largest absolute Gasteiger partial charge is 0.342 e. The van der Waals surface area contributed by atoms with Gasteiger partial charge in [0.25, 0.3) is 5.91 Å². The van der Waals surface area contributed by atoms with Crippen LogP contribution in [0.1, 0.15) is 34.2 Å². The van der Waals surface area contributed by atoms with Gasteiger partial charge in [-0.3, -0.25) is 14.4 Å². The molecule has 0 fully saturated rings. The Kier molecular flexibility index (Phi) is 5.30. The van der Waals surface area contributed by atoms with E-state index in [4.69, 9.17) is 0 Å². The van der Waals surface area contributed by atoms with E-state index in [0.29, 0.717) is 17.1 Å². The summed E-state index contributed by atoms with van der Waals surface area (Å²) in [6.07, 6.45) is 3.26. The molecule has 0 saturated carbocycles. The molecule has 2 atom stereocenters. The smallest absolute Gasteiger partial charge is 0.254 e. The van der Waals surface area contributed by atoms with Crippen LogP contribution >= 0.6 is 0 Å². The van der Waals surface area contributed by atoms with Gasteiger partial charge < -0.3 is 20.5 Å². The molecule has 0 unspecified atom stereocenters. The van der Waals surface area contributed by atoms with Gasteiger partial charge in [-0.25, -0.2) is 4.98 Å². The predicted octanol–water partition coefficient (Wildman–Crippen LogP) is 1.77. The number of nitrogens with one attached hydrogen (secondary N) is 3. The molecule has 0 aliphatic carbocycles. The number of rotatable bonds is 5. The third-order valence-corrected chi connectivity index (χ3v) is 5.00. The van der Waals surface area contributed by atoms with Crippen molar-refractivity contribution in [3.63, 3.8) is 0 Å². The molecule has 8 nitrogen and oxygen atoms in total. The van der Waals surface area contributed by atoms with Crippen LogP contribution in [0.25, 0.3) is 0 Å². The minimum Gasteiger partial charge on any atom is -0.342 e. The topological polar surface area (TPSA) is 105 Å². The van der Waals surface area contributed by atoms with Gasteiger partial charge in [0.1, 0.15) is 17.9 Å². The number of nitrogens with zero attached hydrogens (tertiary/aromatic N) is 2. The molecule has 1 aliphatic heterocycles. The number of carbonyl (C=O) groups excluding carboxylic acids is 3. The standard InChI is InChI=1S/C22H21N5O3/c1-27-12-11-23-20(27)19(14-7-3-2-4-8-14)26-18(28)13-17-22(30)24-16-10-6-5-9-15(16)21(29)25-17/h2-12,17,19H,13H2,1H3,(H,24,30)(H,25,29)(H,26,28)/t17-,19-/m0/s1. The number of benzene rings is 2. The number of anilines is 1. The second-order valence-electron chi connectivity index (χ2n) is 7.07. The van der Waals surface area contributed by atoms with Gasteiger partial charge in [-0.05, 0) is 17.7 Å². The van der Waals surface area contributed by atoms with Crippen molar-refractivity contribution in [1.29, 1.82) is 0 Å². The minimum atomic E-state index is -0.984. The first-order chi connectivity index (χ1) is 14.5. The Bertz CT molecular complexity index is 1090. The van der Waals surface area contributed by atoms with Gasteiger partial charge in [0.15, 0.2) is 0 Å². The van der Waals surface area contributed by atoms with Crippen molar-refractivity contribution < 1.29 is 14.4 Å². The van der Waals surface area contributed by atoms with Crippen LogP contribution in [0.4, 0.5) is 5.69 Å². The van der Waals surface area contributed by atoms with Crippen LogP contribution in [0.5, 0.6) is 0 Å². The van der Waals surface area contributed by atoms with Crippen LogP contribution in [-0.2, 0) is 16.6 Å². The van der Waals surface area contributed by atoms with E-state index in [2.05, 4.69) is 20.9 Å². The van der Waals surface area contributed by atoms with Gasteiger partial charge >= 0.3 is 0 Å². The average Bonchev–Trinajstić information content (AvgIpc) is 3.13. The Morgan fingerprint density at radius 2 is 1.87 bits per heavy atom. The van der Waals surface area contributed by atoms with Crippen LogP contribution in [0.15, 0.2) is 67.0 Å². The van der Waals surface area contributed by atoms with Crippen LogP contribution < -0.4 is 16.0 Å². The molecule has 152 valence electrons. The normalized spacial score (nSPS) is 16.6. The fourth-order valence-electron chi connectivity index (χ4n) is 3.46. The Balaban J connectivity index is 1.52. The van der Waals surface area contributed by atoms with Gasteiger partial charge in [0.2, 0.25) is 11.8 Å². The summed E-state index contributed by atoms with van der Waals surface area (Å²) in [6, 6.07) is 14.7. The van der Waals surface area contributed by atoms with Gasteiger partial charge in [0, 0.05) is 19.4 Å². The molecule has 0 saturated heterocycles. The summed E-state index contributed by atoms with van der Waals surface area (Å²) in [4.78, 5) is 42.3. The molecule has 3 amide bonds. The van der Waals surface area contributed by atoms with Gasteiger partial charge in [-0.2, -0.15) is 0 Å². The summed E-state index contributed by atoms with van der Waals surface area (Å²) < 4.78 is 1.83. The fraction of sp³-hybridized carbons (Fsp3) is 0.182. The molecular formula is C22H21N5O3. The molecular weight excluding hydrogens is 382 g/mol. The van der Waals surface area contributed by atoms with Crippen molar-refractivity contribution in [2.75, 3.05) is 5.32 Å². The zero-order valence-electron chi connectivity index (χ0n) is 16.3. The summed E-state index contributed by atoms with van der Waals surface area (Å²) in [5.41, 5.74) is 1.66. The van der Waals surface area contributed by atoms with Crippen molar-refractivity contribution in [2.45, 2.75) is 18.5 Å². The first-order valence-electron chi connectivity index (χ1n) is 9.55. The molecule has 0 spiro atoms. The molecule has 30 heavy (non-hydrogen) atoms. The average molecular weight is 403 g/mol. The maximum Gasteiger partial charge on any atom is 0.254 e. The Labute approximate surface area is 173 Å². The number of hydrogen-bond acceptors (Lipinski definition) is 4. The van der Waals surface area contributed by atoms with Crippen LogP contribution in [0, 0.1) is 0 Å². The monoisotopic (exact) mass is 403 g/mol. The molecule has 4 rings (SSSR count). The van der Waals surface area contributed by atoms with Gasteiger partial charge in [-0.15, -0.1) is 0 Å². The highest BCUT2D eigenvalue weighted by Gasteiger charge is 2.30. The summed E-state index contributed by atoms with van der Waals surface area (Å²) >= 11 is 0. The molecule has 3 aromatic rings. The van der Waals surface area contributed by atoms with E-state index in [1.165, 1.54) is 0 Å². The predicted molar refractivity (Wildman–Crippen MR) is 111 cm³/mol. The van der Waals surface area contributed by atoms with Crippen LogP contribution in [-0.4, -0.2) is 33.3 Å². The quantitative estimate of drug-likeness (QED) is 0.604. The molecule has 0 bridgehead atoms. The second kappa shape index (κ2) is 8.20. The number of para-hydroxylation sites is 1. The summed E-state index contributed by atoms with van der Waals surface area (Å²) in [7, 11) is 1.85. The Hall–Kier alpha value is -3.94. The molecule has 3 N–H and O–H groups in total. The first-order valence-corrected chi connectivity index (χ1v) is 9.55. The number of amides is 3. The maximum absolute atomic E-state index is 12.9. The fourth-order valence-corrected chi connectivity index (χ4v) is 3.46. The number of hydrogen-bond donors (Lipinski definition) is 3. The van der Waals surface area contributed by atoms with E-state index in [-0.39, 0.29) is 12.3 Å². The number of aromatic nitrogens is 2. The van der Waals surface area contributed by atoms with E-state index >= 15 is 0 Å². The zero-order valence-corrected chi connectivity index (χ0v) is 16.3. The van der Waals surface area contributed by atoms with Crippen molar-refractivity contribution in [3.05, 3.63) is 83.9 Å². The molecule has 2 heterocycles. The molecule has 8 heteroatoms. The summed E-state index contributed by atoms with van der Waals surface area (Å²) in [6.45, 7) is 0. The van der Waals surface area contributed by atoms with Crippen molar-refractivity contribution in [2.24, 2.45) is 7.05 Å². The van der Waals surface area contributed by atoms with E-state index in [1.807, 2.05) is 41.9 Å². The van der Waals surface area contributed by atoms with Crippen LogP contribution in [0.2, 0.25) is 0 Å². The van der Waals surface area contributed by atoms with E-state index in [9.17, 15) is 14.4 Å². The molecule has 1 aromatic heterocycles. The third-order valence-electron chi connectivity index (χ3n) is 5.00. The highest BCUT2D eigenvalue weighted by Crippen LogP contribution is 2.22. The van der Waals surface area contributed by atoms with E-state index in [0.717, 1.165) is 5.56 Å². The second-order valence-corrected chi connectivity index (χ2v) is 7.07. The molecule has 0 radical (unpaired) electrons. The molecule has 2 aromatic carbocycles. The van der Waals surface area contributed by atoms with Crippen molar-refractivity contribution in [3.8, 4) is 0 Å². The van der Waals surface area contributed by atoms with Crippen LogP contribution in [0.3, 0.4) is 0 Å². The third kappa shape index (κ3) is 3.93. The Morgan fingerprint density at radius 3 is 2.60 bits per heavy atom. The highest BCUT2D eigenvalue weighted by atomic mass is 16.2. The molecule has 1 aliphatic rings. The Morgan fingerprint density at radius 1 is 1.13 bits per heavy atom. The lowest BCUT2D eigenvalue weighted by molar-refractivity contribution is -0.126. The van der Waals surface area contributed by atoms with Gasteiger partial charge in [-0.1, -0.05) is 42.5 Å². The van der Waals surface area contributed by atoms with E-state index in [1.54, 1.807) is 36.7 Å². The number of aryl methyl sites for hydroxylation is 1.